The number of likely N-dealkylation sites (N-methyl/N-ethyl adjacent to an activating group) is 1. The lowest BCUT2D eigenvalue weighted by atomic mass is 10.5. The number of rotatable bonds is 2. The van der Waals surface area contributed by atoms with Crippen LogP contribution in [-0.4, -0.2) is 25.3 Å². The smallest absolute Gasteiger partial charge is 0.222 e. The average molecular weight is 144 g/mol. The molecule has 0 aliphatic carbocycles. The zero-order valence-corrected chi connectivity index (χ0v) is 6.14. The van der Waals surface area contributed by atoms with Crippen LogP contribution in [0.15, 0.2) is 5.10 Å². The van der Waals surface area contributed by atoms with Crippen molar-refractivity contribution < 1.29 is 4.79 Å². The Labute approximate surface area is 59.7 Å². The Hall–Kier alpha value is -1.10. The summed E-state index contributed by atoms with van der Waals surface area (Å²) in [5, 5.41) is 8.59. The highest BCUT2D eigenvalue weighted by atomic mass is 16.1. The molecule has 5 heteroatoms. The molecule has 0 aliphatic rings. The van der Waals surface area contributed by atoms with Gasteiger partial charge in [0.05, 0.1) is 6.54 Å². The first-order valence-corrected chi connectivity index (χ1v) is 2.89. The van der Waals surface area contributed by atoms with E-state index in [1.807, 2.05) is 0 Å². The minimum Gasteiger partial charge on any atom is -0.322 e. The summed E-state index contributed by atoms with van der Waals surface area (Å²) in [6.45, 7) is 1.87. The fourth-order valence-corrected chi connectivity index (χ4v) is 0.493. The van der Waals surface area contributed by atoms with Crippen LogP contribution in [0.25, 0.3) is 0 Å². The van der Waals surface area contributed by atoms with Crippen molar-refractivity contribution in [2.24, 2.45) is 10.9 Å². The third-order valence-corrected chi connectivity index (χ3v) is 0.820. The molecule has 4 N–H and O–H groups in total. The Morgan fingerprint density at radius 1 is 1.70 bits per heavy atom. The minimum absolute atomic E-state index is 0.167. The van der Waals surface area contributed by atoms with Crippen molar-refractivity contribution in [2.45, 2.75) is 6.92 Å². The topological polar surface area (TPSA) is 79.5 Å². The molecule has 5 nitrogen and oxygen atoms in total. The lowest BCUT2D eigenvalue weighted by Crippen LogP contribution is -2.36. The molecule has 1 amide bonds. The van der Waals surface area contributed by atoms with Crippen molar-refractivity contribution in [3.05, 3.63) is 0 Å². The van der Waals surface area contributed by atoms with Crippen LogP contribution in [0.3, 0.4) is 0 Å². The molecular formula is C5H12N4O. The Kier molecular flexibility index (Phi) is 4.23. The largest absolute Gasteiger partial charge is 0.322 e. The highest BCUT2D eigenvalue weighted by molar-refractivity contribution is 5.98. The molecule has 0 spiro atoms. The second-order valence-electron chi connectivity index (χ2n) is 1.79. The van der Waals surface area contributed by atoms with Crippen molar-refractivity contribution in [3.63, 3.8) is 0 Å². The van der Waals surface area contributed by atoms with Gasteiger partial charge in [-0.2, -0.15) is 5.10 Å². The Morgan fingerprint density at radius 2 is 2.30 bits per heavy atom. The number of nitrogens with zero attached hydrogens (tertiary/aromatic N) is 1. The summed E-state index contributed by atoms with van der Waals surface area (Å²) in [6.07, 6.45) is 0. The van der Waals surface area contributed by atoms with Crippen LogP contribution in [0.2, 0.25) is 0 Å². The first kappa shape index (κ1) is 8.90. The Balaban J connectivity index is 3.73. The van der Waals surface area contributed by atoms with Gasteiger partial charge in [-0.1, -0.05) is 0 Å². The normalized spacial score (nSPS) is 11.2. The van der Waals surface area contributed by atoms with Gasteiger partial charge < -0.3 is 16.5 Å². The molecule has 58 valence electrons. The van der Waals surface area contributed by atoms with E-state index in [1.165, 1.54) is 6.92 Å². The quantitative estimate of drug-likeness (QED) is 0.193. The number of carbonyl (C=O) groups excluding carboxylic acids is 1. The van der Waals surface area contributed by atoms with Crippen LogP contribution in [0.4, 0.5) is 0 Å². The summed E-state index contributed by atoms with van der Waals surface area (Å²) in [4.78, 5) is 10.4. The lowest BCUT2D eigenvalue weighted by molar-refractivity contribution is -0.117. The molecule has 0 aliphatic heterocycles. The van der Waals surface area contributed by atoms with E-state index in [4.69, 9.17) is 5.84 Å². The maximum Gasteiger partial charge on any atom is 0.222 e. The number of hydrogen-bond acceptors (Lipinski definition) is 4. The molecule has 0 saturated heterocycles. The molecule has 0 bridgehead atoms. The Morgan fingerprint density at radius 3 is 2.60 bits per heavy atom. The third kappa shape index (κ3) is 3.85. The van der Waals surface area contributed by atoms with Gasteiger partial charge in [-0.05, 0) is 7.05 Å². The number of nitrogens with one attached hydrogen (secondary N) is 2. The van der Waals surface area contributed by atoms with Crippen LogP contribution in [-0.2, 0) is 4.79 Å². The fourth-order valence-electron chi connectivity index (χ4n) is 0.493. The SMILES string of the molecule is CNC/C(=N/N)NC(C)=O. The molecule has 0 aromatic carbocycles. The van der Waals surface area contributed by atoms with E-state index in [1.54, 1.807) is 7.05 Å². The number of amides is 1. The maximum atomic E-state index is 10.4. The van der Waals surface area contributed by atoms with Gasteiger partial charge in [0.15, 0.2) is 0 Å². The zero-order valence-electron chi connectivity index (χ0n) is 6.14. The van der Waals surface area contributed by atoms with Crippen molar-refractivity contribution >= 4 is 11.7 Å². The number of carbonyl (C=O) groups is 1. The second kappa shape index (κ2) is 4.75. The molecule has 0 saturated carbocycles. The summed E-state index contributed by atoms with van der Waals surface area (Å²) < 4.78 is 0. The predicted octanol–water partition coefficient (Wildman–Crippen LogP) is -1.39. The number of hydrogen-bond donors (Lipinski definition) is 3. The number of amidine groups is 1. The van der Waals surface area contributed by atoms with Crippen molar-refractivity contribution in [1.82, 2.24) is 10.6 Å². The lowest BCUT2D eigenvalue weighted by Gasteiger charge is -2.02. The van der Waals surface area contributed by atoms with Gasteiger partial charge in [-0.3, -0.25) is 4.79 Å². The molecule has 0 radical (unpaired) electrons. The highest BCUT2D eigenvalue weighted by Crippen LogP contribution is 1.67. The summed E-state index contributed by atoms with van der Waals surface area (Å²) in [6, 6.07) is 0. The summed E-state index contributed by atoms with van der Waals surface area (Å²) >= 11 is 0. The second-order valence-corrected chi connectivity index (χ2v) is 1.79. The van der Waals surface area contributed by atoms with Gasteiger partial charge in [-0.25, -0.2) is 0 Å². The first-order chi connectivity index (χ1) is 4.70. The van der Waals surface area contributed by atoms with Crippen molar-refractivity contribution in [3.8, 4) is 0 Å². The van der Waals surface area contributed by atoms with Gasteiger partial charge >= 0.3 is 0 Å². The molecule has 0 fully saturated rings. The molecule has 0 rings (SSSR count). The molecule has 0 unspecified atom stereocenters. The number of hydrazone groups is 1. The summed E-state index contributed by atoms with van der Waals surface area (Å²) in [7, 11) is 1.74. The van der Waals surface area contributed by atoms with E-state index in [-0.39, 0.29) is 5.91 Å². The van der Waals surface area contributed by atoms with Crippen molar-refractivity contribution in [1.29, 1.82) is 0 Å². The average Bonchev–Trinajstić information content (AvgIpc) is 1.86. The van der Waals surface area contributed by atoms with Crippen LogP contribution < -0.4 is 16.5 Å². The predicted molar refractivity (Wildman–Crippen MR) is 39.4 cm³/mol. The molecule has 0 aromatic rings. The molecule has 0 atom stereocenters. The van der Waals surface area contributed by atoms with Gasteiger partial charge in [0, 0.05) is 6.92 Å². The maximum absolute atomic E-state index is 10.4. The van der Waals surface area contributed by atoms with Gasteiger partial charge in [0.25, 0.3) is 0 Å². The molecule has 10 heavy (non-hydrogen) atoms. The first-order valence-electron chi connectivity index (χ1n) is 2.89. The van der Waals surface area contributed by atoms with E-state index in [0.29, 0.717) is 12.4 Å². The van der Waals surface area contributed by atoms with Crippen LogP contribution >= 0.6 is 0 Å². The van der Waals surface area contributed by atoms with Gasteiger partial charge in [0.2, 0.25) is 5.91 Å². The Bertz CT molecular complexity index is 143. The van der Waals surface area contributed by atoms with E-state index in [0.717, 1.165) is 0 Å². The van der Waals surface area contributed by atoms with E-state index in [2.05, 4.69) is 15.7 Å². The minimum atomic E-state index is -0.167. The molecular weight excluding hydrogens is 132 g/mol. The third-order valence-electron chi connectivity index (χ3n) is 0.820. The number of nitrogens with two attached hydrogens (primary N) is 1. The zero-order chi connectivity index (χ0) is 7.98. The monoisotopic (exact) mass is 144 g/mol. The molecule has 0 aromatic heterocycles. The summed E-state index contributed by atoms with van der Waals surface area (Å²) in [5.41, 5.74) is 0. The summed E-state index contributed by atoms with van der Waals surface area (Å²) in [5.74, 6) is 5.21. The van der Waals surface area contributed by atoms with Crippen LogP contribution in [0.5, 0.6) is 0 Å². The fraction of sp³-hybridized carbons (Fsp3) is 0.600. The van der Waals surface area contributed by atoms with Crippen LogP contribution in [0.1, 0.15) is 6.92 Å². The van der Waals surface area contributed by atoms with Crippen molar-refractivity contribution in [2.75, 3.05) is 13.6 Å². The highest BCUT2D eigenvalue weighted by Gasteiger charge is 1.97. The van der Waals surface area contributed by atoms with E-state index >= 15 is 0 Å². The van der Waals surface area contributed by atoms with Gasteiger partial charge in [-0.15, -0.1) is 0 Å². The van der Waals surface area contributed by atoms with Gasteiger partial charge in [0.1, 0.15) is 5.84 Å². The van der Waals surface area contributed by atoms with Crippen LogP contribution in [0, 0.1) is 0 Å². The van der Waals surface area contributed by atoms with E-state index in [9.17, 15) is 4.79 Å². The molecule has 0 heterocycles. The van der Waals surface area contributed by atoms with E-state index < -0.39 is 0 Å². The standard InChI is InChI=1S/C5H12N4O/c1-4(10)8-5(9-6)3-7-2/h7H,3,6H2,1-2H3,(H,8,9,10).